The third kappa shape index (κ3) is 2.65. The number of carbonyl (C=O) groups is 1. The zero-order valence-electron chi connectivity index (χ0n) is 11.3. The van der Waals surface area contributed by atoms with Crippen molar-refractivity contribution in [2.75, 3.05) is 7.11 Å². The normalized spacial score (nSPS) is 18.5. The van der Waals surface area contributed by atoms with Crippen LogP contribution >= 0.6 is 0 Å². The lowest BCUT2D eigenvalue weighted by atomic mass is 10.2. The maximum Gasteiger partial charge on any atom is 0.395 e. The van der Waals surface area contributed by atoms with E-state index in [1.54, 1.807) is 24.3 Å². The van der Waals surface area contributed by atoms with Crippen LogP contribution in [0.3, 0.4) is 0 Å². The Morgan fingerprint density at radius 2 is 1.95 bits per heavy atom. The van der Waals surface area contributed by atoms with Gasteiger partial charge in [0.2, 0.25) is 0 Å². The monoisotopic (exact) mass is 294 g/mol. The fourth-order valence-electron chi connectivity index (χ4n) is 1.98. The molecule has 0 saturated heterocycles. The molecule has 0 amide bonds. The summed E-state index contributed by atoms with van der Waals surface area (Å²) in [5, 5.41) is 0. The molecule has 20 heavy (non-hydrogen) atoms. The van der Waals surface area contributed by atoms with Crippen molar-refractivity contribution < 1.29 is 21.9 Å². The Balaban J connectivity index is 2.46. The summed E-state index contributed by atoms with van der Waals surface area (Å²) in [7, 11) is -2.51. The molecule has 0 aliphatic carbocycles. The van der Waals surface area contributed by atoms with Crippen LogP contribution in [0.1, 0.15) is 12.0 Å². The molecule has 6 heteroatoms. The van der Waals surface area contributed by atoms with Gasteiger partial charge >= 0.3 is 16.0 Å². The van der Waals surface area contributed by atoms with Crippen LogP contribution in [0.2, 0.25) is 0 Å². The summed E-state index contributed by atoms with van der Waals surface area (Å²) in [5.41, 5.74) is 0.969. The predicted octanol–water partition coefficient (Wildman–Crippen LogP) is 1.27. The standard InChI is InChI=1S/C14H16NO4S/c1-11-6-8-12(9-7-11)20(17,18)15-10-4-3-5-13(15)14(16)19-2/h3-4,6-10,13H,5H2,1-2H3/q+1/t13-/m0/s1. The zero-order chi connectivity index (χ0) is 14.8. The molecule has 106 valence electrons. The lowest BCUT2D eigenvalue weighted by Gasteiger charge is -2.14. The summed E-state index contributed by atoms with van der Waals surface area (Å²) in [5.74, 6) is -0.568. The Hall–Kier alpha value is -1.95. The minimum Gasteiger partial charge on any atom is -0.464 e. The maximum atomic E-state index is 12.6. The second-order valence-corrected chi connectivity index (χ2v) is 6.34. The molecule has 1 heterocycles. The van der Waals surface area contributed by atoms with Gasteiger partial charge in [0, 0.05) is 6.42 Å². The van der Waals surface area contributed by atoms with Crippen LogP contribution in [0, 0.1) is 6.92 Å². The van der Waals surface area contributed by atoms with E-state index in [0.29, 0.717) is 6.42 Å². The number of nitrogens with zero attached hydrogens (tertiary/aromatic N) is 1. The van der Waals surface area contributed by atoms with Gasteiger partial charge in [0.1, 0.15) is 4.90 Å². The molecule has 1 atom stereocenters. The van der Waals surface area contributed by atoms with Gasteiger partial charge in [0.05, 0.1) is 7.11 Å². The van der Waals surface area contributed by atoms with Gasteiger partial charge in [0.25, 0.3) is 6.04 Å². The highest BCUT2D eigenvalue weighted by atomic mass is 32.2. The van der Waals surface area contributed by atoms with E-state index in [-0.39, 0.29) is 4.90 Å². The van der Waals surface area contributed by atoms with Crippen molar-refractivity contribution in [1.29, 1.82) is 0 Å². The number of esters is 1. The first kappa shape index (κ1) is 14.5. The summed E-state index contributed by atoms with van der Waals surface area (Å²) in [6.07, 6.45) is 5.04. The van der Waals surface area contributed by atoms with E-state index < -0.39 is 22.0 Å². The number of allylic oxidation sites excluding steroid dienone is 1. The molecule has 0 spiro atoms. The van der Waals surface area contributed by atoms with Crippen LogP contribution in [-0.4, -0.2) is 37.7 Å². The summed E-state index contributed by atoms with van der Waals surface area (Å²) in [6, 6.07) is 5.66. The van der Waals surface area contributed by atoms with Crippen LogP contribution in [0.4, 0.5) is 0 Å². The molecular formula is C14H16NO4S+. The summed E-state index contributed by atoms with van der Waals surface area (Å²) >= 11 is 0. The second kappa shape index (κ2) is 5.58. The summed E-state index contributed by atoms with van der Waals surface area (Å²) < 4.78 is 30.9. The van der Waals surface area contributed by atoms with Crippen molar-refractivity contribution in [2.45, 2.75) is 24.3 Å². The van der Waals surface area contributed by atoms with Gasteiger partial charge in [-0.25, -0.2) is 4.79 Å². The highest BCUT2D eigenvalue weighted by molar-refractivity contribution is 7.85. The SMILES string of the molecule is COC(=O)[C@@H]1CC=CC=[N+]1S(=O)(=O)c1ccc(C)cc1. The first-order valence-electron chi connectivity index (χ1n) is 6.15. The molecule has 1 aliphatic heterocycles. The minimum absolute atomic E-state index is 0.156. The van der Waals surface area contributed by atoms with Crippen molar-refractivity contribution in [1.82, 2.24) is 0 Å². The highest BCUT2D eigenvalue weighted by Crippen LogP contribution is 2.18. The van der Waals surface area contributed by atoms with Crippen molar-refractivity contribution in [3.05, 3.63) is 42.0 Å². The van der Waals surface area contributed by atoms with Crippen molar-refractivity contribution in [3.8, 4) is 0 Å². The number of rotatable bonds is 3. The average Bonchev–Trinajstić information content (AvgIpc) is 2.47. The lowest BCUT2D eigenvalue weighted by Crippen LogP contribution is -2.40. The van der Waals surface area contributed by atoms with Crippen molar-refractivity contribution in [3.63, 3.8) is 0 Å². The number of ether oxygens (including phenoxy) is 1. The molecule has 2 rings (SSSR count). The molecular weight excluding hydrogens is 278 g/mol. The van der Waals surface area contributed by atoms with E-state index in [9.17, 15) is 13.2 Å². The molecule has 0 saturated carbocycles. The third-order valence-corrected chi connectivity index (χ3v) is 4.90. The van der Waals surface area contributed by atoms with Gasteiger partial charge in [0.15, 0.2) is 6.21 Å². The Labute approximate surface area is 118 Å². The quantitative estimate of drug-likeness (QED) is 0.622. The van der Waals surface area contributed by atoms with Crippen LogP contribution < -0.4 is 0 Å². The largest absolute Gasteiger partial charge is 0.464 e. The van der Waals surface area contributed by atoms with Gasteiger partial charge < -0.3 is 4.74 Å². The molecule has 1 aromatic carbocycles. The first-order valence-corrected chi connectivity index (χ1v) is 7.59. The van der Waals surface area contributed by atoms with E-state index in [0.717, 1.165) is 9.54 Å². The van der Waals surface area contributed by atoms with Crippen LogP contribution in [0.25, 0.3) is 0 Å². The van der Waals surface area contributed by atoms with Crippen molar-refractivity contribution >= 4 is 22.2 Å². The Morgan fingerprint density at radius 3 is 2.55 bits per heavy atom. The second-order valence-electron chi connectivity index (χ2n) is 4.50. The van der Waals surface area contributed by atoms with Gasteiger partial charge in [-0.05, 0) is 25.1 Å². The molecule has 5 nitrogen and oxygen atoms in total. The first-order chi connectivity index (χ1) is 9.46. The van der Waals surface area contributed by atoms with Crippen LogP contribution in [0.15, 0.2) is 41.3 Å². The maximum absolute atomic E-state index is 12.6. The molecule has 1 aliphatic rings. The van der Waals surface area contributed by atoms with E-state index >= 15 is 0 Å². The number of hydrogen-bond donors (Lipinski definition) is 0. The average molecular weight is 294 g/mol. The molecule has 0 unspecified atom stereocenters. The molecule has 1 aromatic rings. The van der Waals surface area contributed by atoms with Crippen LogP contribution in [-0.2, 0) is 19.6 Å². The Kier molecular flexibility index (Phi) is 4.04. The molecule has 0 N–H and O–H groups in total. The number of benzene rings is 1. The fourth-order valence-corrected chi connectivity index (χ4v) is 3.44. The predicted molar refractivity (Wildman–Crippen MR) is 74.3 cm³/mol. The van der Waals surface area contributed by atoms with E-state index in [2.05, 4.69) is 4.74 Å². The Morgan fingerprint density at radius 1 is 1.30 bits per heavy atom. The van der Waals surface area contributed by atoms with E-state index in [1.165, 1.54) is 25.5 Å². The fraction of sp³-hybridized carbons (Fsp3) is 0.286. The minimum atomic E-state index is -3.76. The smallest absolute Gasteiger partial charge is 0.395 e. The van der Waals surface area contributed by atoms with Gasteiger partial charge in [-0.2, -0.15) is 8.42 Å². The van der Waals surface area contributed by atoms with Gasteiger partial charge in [-0.1, -0.05) is 23.8 Å². The number of carbonyl (C=O) groups excluding carboxylic acids is 1. The summed E-state index contributed by atoms with van der Waals surface area (Å²) in [6.45, 7) is 1.88. The molecule has 0 radical (unpaired) electrons. The number of sulfonamides is 1. The van der Waals surface area contributed by atoms with E-state index in [1.807, 2.05) is 6.92 Å². The van der Waals surface area contributed by atoms with Crippen LogP contribution in [0.5, 0.6) is 0 Å². The third-order valence-electron chi connectivity index (χ3n) is 3.11. The number of aryl methyl sites for hydroxylation is 1. The highest BCUT2D eigenvalue weighted by Gasteiger charge is 2.40. The molecule has 0 aromatic heterocycles. The zero-order valence-corrected chi connectivity index (χ0v) is 12.1. The van der Waals surface area contributed by atoms with Gasteiger partial charge in [-0.3, -0.25) is 0 Å². The molecule has 0 bridgehead atoms. The lowest BCUT2D eigenvalue weighted by molar-refractivity contribution is -0.399. The molecule has 0 fully saturated rings. The topological polar surface area (TPSA) is 63.5 Å². The number of hydrogen-bond acceptors (Lipinski definition) is 4. The number of methoxy groups -OCH3 is 1. The van der Waals surface area contributed by atoms with Gasteiger partial charge in [-0.15, -0.1) is 3.98 Å². The van der Waals surface area contributed by atoms with E-state index in [4.69, 9.17) is 0 Å². The Bertz CT molecular complexity index is 672. The van der Waals surface area contributed by atoms with Crippen molar-refractivity contribution in [2.24, 2.45) is 0 Å². The summed E-state index contributed by atoms with van der Waals surface area (Å²) in [4.78, 5) is 11.9.